The van der Waals surface area contributed by atoms with Gasteiger partial charge in [-0.15, -0.1) is 0 Å². The third-order valence-electron chi connectivity index (χ3n) is 2.67. The summed E-state index contributed by atoms with van der Waals surface area (Å²) in [6.07, 6.45) is 3.21. The molecule has 2 aromatic rings. The molecule has 96 valence electrons. The average molecular weight is 270 g/mol. The average Bonchev–Trinajstić information content (AvgIpc) is 2.46. The first-order valence-electron chi connectivity index (χ1n) is 5.88. The zero-order valence-corrected chi connectivity index (χ0v) is 11.4. The quantitative estimate of drug-likeness (QED) is 0.631. The molecule has 2 aromatic carbocycles. The SMILES string of the molecule is CS(=O)/C(=C/c1ccccc1)C(=O)c1ccccc1. The van der Waals surface area contributed by atoms with Crippen molar-refractivity contribution in [2.24, 2.45) is 0 Å². The largest absolute Gasteiger partial charge is 0.288 e. The second-order valence-corrected chi connectivity index (χ2v) is 5.42. The van der Waals surface area contributed by atoms with E-state index in [-0.39, 0.29) is 5.78 Å². The van der Waals surface area contributed by atoms with E-state index in [9.17, 15) is 9.00 Å². The molecule has 0 bridgehead atoms. The zero-order valence-electron chi connectivity index (χ0n) is 10.6. The minimum absolute atomic E-state index is 0.190. The number of hydrogen-bond acceptors (Lipinski definition) is 2. The van der Waals surface area contributed by atoms with Gasteiger partial charge in [-0.25, -0.2) is 0 Å². The predicted octanol–water partition coefficient (Wildman–Crippen LogP) is 3.29. The minimum atomic E-state index is -1.32. The molecule has 0 spiro atoms. The van der Waals surface area contributed by atoms with Crippen LogP contribution in [-0.4, -0.2) is 16.2 Å². The topological polar surface area (TPSA) is 34.1 Å². The third-order valence-corrected chi connectivity index (χ3v) is 3.59. The van der Waals surface area contributed by atoms with Gasteiger partial charge in [0, 0.05) is 11.8 Å². The van der Waals surface area contributed by atoms with Gasteiger partial charge in [-0.05, 0) is 11.6 Å². The number of carbonyl (C=O) groups is 1. The van der Waals surface area contributed by atoms with Crippen molar-refractivity contribution < 1.29 is 9.00 Å². The molecule has 0 saturated carbocycles. The lowest BCUT2D eigenvalue weighted by Gasteiger charge is -2.04. The number of benzene rings is 2. The molecule has 0 N–H and O–H groups in total. The first-order valence-corrected chi connectivity index (χ1v) is 7.44. The fourth-order valence-corrected chi connectivity index (χ4v) is 2.39. The molecule has 0 aliphatic heterocycles. The molecule has 19 heavy (non-hydrogen) atoms. The highest BCUT2D eigenvalue weighted by Gasteiger charge is 2.15. The Morgan fingerprint density at radius 3 is 2.00 bits per heavy atom. The van der Waals surface area contributed by atoms with Crippen LogP contribution in [0.15, 0.2) is 65.6 Å². The van der Waals surface area contributed by atoms with Crippen LogP contribution in [0.25, 0.3) is 6.08 Å². The van der Waals surface area contributed by atoms with E-state index in [0.717, 1.165) is 5.56 Å². The number of ketones is 1. The third kappa shape index (κ3) is 3.48. The van der Waals surface area contributed by atoms with Crippen molar-refractivity contribution in [3.05, 3.63) is 76.7 Å². The van der Waals surface area contributed by atoms with E-state index in [1.165, 1.54) is 6.26 Å². The molecule has 0 saturated heterocycles. The summed E-state index contributed by atoms with van der Waals surface area (Å²) in [5.74, 6) is -0.190. The first kappa shape index (κ1) is 13.4. The van der Waals surface area contributed by atoms with E-state index in [4.69, 9.17) is 0 Å². The number of Topliss-reactive ketones (excluding diaryl/α,β-unsaturated/α-hetero) is 1. The van der Waals surface area contributed by atoms with Gasteiger partial charge in [-0.3, -0.25) is 9.00 Å². The van der Waals surface area contributed by atoms with Gasteiger partial charge in [0.25, 0.3) is 0 Å². The Kier molecular flexibility index (Phi) is 4.42. The highest BCUT2D eigenvalue weighted by atomic mass is 32.2. The highest BCUT2D eigenvalue weighted by molar-refractivity contribution is 7.89. The van der Waals surface area contributed by atoms with E-state index >= 15 is 0 Å². The van der Waals surface area contributed by atoms with Gasteiger partial charge in [0.15, 0.2) is 0 Å². The maximum absolute atomic E-state index is 12.3. The lowest BCUT2D eigenvalue weighted by atomic mass is 10.1. The molecule has 2 rings (SSSR count). The Labute approximate surface area is 115 Å². The Balaban J connectivity index is 2.40. The van der Waals surface area contributed by atoms with Gasteiger partial charge in [-0.2, -0.15) is 0 Å². The summed E-state index contributed by atoms with van der Waals surface area (Å²) in [7, 11) is -1.32. The van der Waals surface area contributed by atoms with Crippen LogP contribution in [0, 0.1) is 0 Å². The molecule has 0 aromatic heterocycles. The number of allylic oxidation sites excluding steroid dienone is 1. The second-order valence-electron chi connectivity index (χ2n) is 4.07. The molecular weight excluding hydrogens is 256 g/mol. The number of carbonyl (C=O) groups excluding carboxylic acids is 1. The molecule has 0 aliphatic rings. The van der Waals surface area contributed by atoms with Crippen LogP contribution < -0.4 is 0 Å². The maximum atomic E-state index is 12.3. The Morgan fingerprint density at radius 1 is 0.947 bits per heavy atom. The van der Waals surface area contributed by atoms with E-state index < -0.39 is 10.8 Å². The van der Waals surface area contributed by atoms with Crippen molar-refractivity contribution >= 4 is 22.7 Å². The van der Waals surface area contributed by atoms with Gasteiger partial charge < -0.3 is 0 Å². The maximum Gasteiger partial charge on any atom is 0.201 e. The second kappa shape index (κ2) is 6.25. The molecule has 0 heterocycles. The van der Waals surface area contributed by atoms with Crippen molar-refractivity contribution in [1.29, 1.82) is 0 Å². The smallest absolute Gasteiger partial charge is 0.201 e. The lowest BCUT2D eigenvalue weighted by molar-refractivity contribution is 0.104. The fraction of sp³-hybridized carbons (Fsp3) is 0.0625. The summed E-state index contributed by atoms with van der Waals surface area (Å²) in [6.45, 7) is 0. The zero-order chi connectivity index (χ0) is 13.7. The van der Waals surface area contributed by atoms with E-state index in [1.807, 2.05) is 36.4 Å². The predicted molar refractivity (Wildman–Crippen MR) is 79.3 cm³/mol. The van der Waals surface area contributed by atoms with Crippen LogP contribution in [-0.2, 0) is 10.8 Å². The molecule has 0 fully saturated rings. The van der Waals surface area contributed by atoms with Crippen LogP contribution >= 0.6 is 0 Å². The van der Waals surface area contributed by atoms with Crippen molar-refractivity contribution in [3.8, 4) is 0 Å². The molecule has 0 aliphatic carbocycles. The molecule has 0 amide bonds. The summed E-state index contributed by atoms with van der Waals surface area (Å²) in [6, 6.07) is 18.3. The molecule has 2 nitrogen and oxygen atoms in total. The van der Waals surface area contributed by atoms with Crippen LogP contribution in [0.1, 0.15) is 15.9 Å². The molecule has 0 radical (unpaired) electrons. The number of rotatable bonds is 4. The standard InChI is InChI=1S/C16H14O2S/c1-19(18)15(12-13-8-4-2-5-9-13)16(17)14-10-6-3-7-11-14/h2-12H,1H3/b15-12+. The summed E-state index contributed by atoms with van der Waals surface area (Å²) < 4.78 is 11.8. The Hall–Kier alpha value is -2.00. The van der Waals surface area contributed by atoms with Gasteiger partial charge in [0.05, 0.1) is 15.7 Å². The molecule has 1 unspecified atom stereocenters. The van der Waals surface area contributed by atoms with Crippen LogP contribution in [0.4, 0.5) is 0 Å². The van der Waals surface area contributed by atoms with Crippen molar-refractivity contribution in [2.45, 2.75) is 0 Å². The van der Waals surface area contributed by atoms with Gasteiger partial charge in [0.2, 0.25) is 5.78 Å². The summed E-state index contributed by atoms with van der Waals surface area (Å²) >= 11 is 0. The van der Waals surface area contributed by atoms with Gasteiger partial charge in [0.1, 0.15) is 0 Å². The van der Waals surface area contributed by atoms with E-state index in [0.29, 0.717) is 10.5 Å². The van der Waals surface area contributed by atoms with E-state index in [2.05, 4.69) is 0 Å². The summed E-state index contributed by atoms with van der Waals surface area (Å²) in [5, 5.41) is 0. The van der Waals surface area contributed by atoms with Crippen molar-refractivity contribution in [1.82, 2.24) is 0 Å². The van der Waals surface area contributed by atoms with Crippen LogP contribution in [0.2, 0.25) is 0 Å². The monoisotopic (exact) mass is 270 g/mol. The van der Waals surface area contributed by atoms with Gasteiger partial charge >= 0.3 is 0 Å². The van der Waals surface area contributed by atoms with Crippen molar-refractivity contribution in [2.75, 3.05) is 6.26 Å². The number of hydrogen-bond donors (Lipinski definition) is 0. The van der Waals surface area contributed by atoms with E-state index in [1.54, 1.807) is 30.3 Å². The Bertz CT molecular complexity index is 616. The fourth-order valence-electron chi connectivity index (χ4n) is 1.71. The molecule has 1 atom stereocenters. The van der Waals surface area contributed by atoms with Crippen LogP contribution in [0.5, 0.6) is 0 Å². The molecule has 3 heteroatoms. The molecular formula is C16H14O2S. The lowest BCUT2D eigenvalue weighted by Crippen LogP contribution is -2.07. The van der Waals surface area contributed by atoms with Gasteiger partial charge in [-0.1, -0.05) is 60.7 Å². The normalized spacial score (nSPS) is 13.0. The minimum Gasteiger partial charge on any atom is -0.288 e. The first-order chi connectivity index (χ1) is 9.18. The van der Waals surface area contributed by atoms with Crippen LogP contribution in [0.3, 0.4) is 0 Å². The summed E-state index contributed by atoms with van der Waals surface area (Å²) in [4.78, 5) is 12.6. The highest BCUT2D eigenvalue weighted by Crippen LogP contribution is 2.15. The van der Waals surface area contributed by atoms with Crippen molar-refractivity contribution in [3.63, 3.8) is 0 Å². The summed E-state index contributed by atoms with van der Waals surface area (Å²) in [5.41, 5.74) is 1.43. The Morgan fingerprint density at radius 2 is 1.47 bits per heavy atom.